The zero-order valence-corrected chi connectivity index (χ0v) is 11.8. The first-order valence-electron chi connectivity index (χ1n) is 6.79. The number of nitrogens with zero attached hydrogens (tertiary/aromatic N) is 1. The van der Waals surface area contributed by atoms with Gasteiger partial charge in [-0.2, -0.15) is 0 Å². The molecule has 0 bridgehead atoms. The second kappa shape index (κ2) is 5.04. The zero-order chi connectivity index (χ0) is 14.1. The Morgan fingerprint density at radius 2 is 2.20 bits per heavy atom. The zero-order valence-electron chi connectivity index (χ0n) is 11.8. The quantitative estimate of drug-likeness (QED) is 0.790. The van der Waals surface area contributed by atoms with E-state index in [-0.39, 0.29) is 5.91 Å². The van der Waals surface area contributed by atoms with Gasteiger partial charge >= 0.3 is 0 Å². The Labute approximate surface area is 118 Å². The lowest BCUT2D eigenvalue weighted by Crippen LogP contribution is -2.24. The van der Waals surface area contributed by atoms with Gasteiger partial charge in [-0.1, -0.05) is 6.07 Å². The Bertz CT molecular complexity index is 658. The molecular formula is C16H18N2O2. The highest BCUT2D eigenvalue weighted by Crippen LogP contribution is 2.39. The molecule has 1 aromatic carbocycles. The SMILES string of the molecule is COc1ccc2c(c1)-c1c(ccn1CCNC(C)=O)C2. The van der Waals surface area contributed by atoms with Gasteiger partial charge in [0.25, 0.3) is 0 Å². The third-order valence-corrected chi connectivity index (χ3v) is 3.73. The summed E-state index contributed by atoms with van der Waals surface area (Å²) in [5, 5.41) is 2.84. The van der Waals surface area contributed by atoms with Gasteiger partial charge in [-0.25, -0.2) is 0 Å². The Morgan fingerprint density at radius 3 is 2.95 bits per heavy atom. The number of benzene rings is 1. The second-order valence-corrected chi connectivity index (χ2v) is 5.07. The van der Waals surface area contributed by atoms with E-state index in [1.807, 2.05) is 6.07 Å². The molecule has 0 spiro atoms. The van der Waals surface area contributed by atoms with Gasteiger partial charge in [0, 0.05) is 38.2 Å². The summed E-state index contributed by atoms with van der Waals surface area (Å²) in [6.07, 6.45) is 3.07. The van der Waals surface area contributed by atoms with E-state index in [9.17, 15) is 4.79 Å². The van der Waals surface area contributed by atoms with Crippen molar-refractivity contribution in [2.24, 2.45) is 0 Å². The van der Waals surface area contributed by atoms with Crippen LogP contribution in [0.3, 0.4) is 0 Å². The van der Waals surface area contributed by atoms with Gasteiger partial charge in [-0.05, 0) is 29.3 Å². The summed E-state index contributed by atoms with van der Waals surface area (Å²) < 4.78 is 7.52. The van der Waals surface area contributed by atoms with Crippen molar-refractivity contribution >= 4 is 5.91 Å². The van der Waals surface area contributed by atoms with Crippen LogP contribution in [0.4, 0.5) is 0 Å². The third kappa shape index (κ3) is 2.18. The highest BCUT2D eigenvalue weighted by atomic mass is 16.5. The molecule has 0 saturated heterocycles. The van der Waals surface area contributed by atoms with E-state index < -0.39 is 0 Å². The van der Waals surface area contributed by atoms with Crippen LogP contribution in [0.2, 0.25) is 0 Å². The molecule has 4 heteroatoms. The summed E-state index contributed by atoms with van der Waals surface area (Å²) in [4.78, 5) is 11.0. The monoisotopic (exact) mass is 270 g/mol. The van der Waals surface area contributed by atoms with Gasteiger partial charge in [0.15, 0.2) is 0 Å². The minimum Gasteiger partial charge on any atom is -0.497 e. The summed E-state index contributed by atoms with van der Waals surface area (Å²) in [6, 6.07) is 8.39. The Hall–Kier alpha value is -2.23. The van der Waals surface area contributed by atoms with E-state index in [0.717, 1.165) is 18.7 Å². The molecule has 0 radical (unpaired) electrons. The Morgan fingerprint density at radius 1 is 1.35 bits per heavy atom. The average Bonchev–Trinajstić information content (AvgIpc) is 2.97. The standard InChI is InChI=1S/C16H18N2O2/c1-11(19)17-6-8-18-7-5-13-9-12-3-4-14(20-2)10-15(12)16(13)18/h3-5,7,10H,6,8-9H2,1-2H3,(H,17,19). The molecule has 3 rings (SSSR count). The number of nitrogens with one attached hydrogen (secondary N) is 1. The third-order valence-electron chi connectivity index (χ3n) is 3.73. The fourth-order valence-electron chi connectivity index (χ4n) is 2.79. The molecule has 0 unspecified atom stereocenters. The first kappa shape index (κ1) is 12.8. The van der Waals surface area contributed by atoms with E-state index in [2.05, 4.69) is 34.3 Å². The van der Waals surface area contributed by atoms with Crippen molar-refractivity contribution in [3.05, 3.63) is 41.6 Å². The lowest BCUT2D eigenvalue weighted by atomic mass is 10.1. The first-order valence-corrected chi connectivity index (χ1v) is 6.79. The van der Waals surface area contributed by atoms with Crippen molar-refractivity contribution in [2.75, 3.05) is 13.7 Å². The van der Waals surface area contributed by atoms with Gasteiger partial charge in [0.2, 0.25) is 5.91 Å². The molecule has 0 fully saturated rings. The summed E-state index contributed by atoms with van der Waals surface area (Å²) in [6.45, 7) is 2.97. The lowest BCUT2D eigenvalue weighted by molar-refractivity contribution is -0.118. The molecule has 1 N–H and O–H groups in total. The minimum absolute atomic E-state index is 0.0101. The lowest BCUT2D eigenvalue weighted by Gasteiger charge is -2.10. The van der Waals surface area contributed by atoms with Crippen LogP contribution >= 0.6 is 0 Å². The maximum Gasteiger partial charge on any atom is 0.216 e. The number of methoxy groups -OCH3 is 1. The number of ether oxygens (including phenoxy) is 1. The van der Waals surface area contributed by atoms with Crippen molar-refractivity contribution in [1.82, 2.24) is 9.88 Å². The van der Waals surface area contributed by atoms with Crippen LogP contribution in [0.15, 0.2) is 30.5 Å². The van der Waals surface area contributed by atoms with E-state index in [4.69, 9.17) is 4.74 Å². The van der Waals surface area contributed by atoms with Crippen LogP contribution in [0.5, 0.6) is 5.75 Å². The van der Waals surface area contributed by atoms with E-state index in [1.165, 1.54) is 22.4 Å². The number of hydrogen-bond acceptors (Lipinski definition) is 2. The first-order chi connectivity index (χ1) is 9.69. The number of aromatic nitrogens is 1. The molecule has 1 amide bonds. The molecule has 2 aromatic rings. The molecule has 1 aliphatic carbocycles. The highest BCUT2D eigenvalue weighted by Gasteiger charge is 2.22. The molecule has 0 saturated carbocycles. The number of hydrogen-bond donors (Lipinski definition) is 1. The predicted octanol–water partition coefficient (Wildman–Crippen LogP) is 2.20. The van der Waals surface area contributed by atoms with E-state index in [0.29, 0.717) is 6.54 Å². The Balaban J connectivity index is 1.89. The van der Waals surface area contributed by atoms with Gasteiger partial charge in [0.05, 0.1) is 12.8 Å². The fourth-order valence-corrected chi connectivity index (χ4v) is 2.79. The maximum absolute atomic E-state index is 11.0. The van der Waals surface area contributed by atoms with Crippen LogP contribution in [-0.4, -0.2) is 24.1 Å². The summed E-state index contributed by atoms with van der Waals surface area (Å²) in [5.41, 5.74) is 5.18. The predicted molar refractivity (Wildman–Crippen MR) is 77.9 cm³/mol. The number of carbonyl (C=O) groups is 1. The van der Waals surface area contributed by atoms with Gasteiger partial charge in [-0.3, -0.25) is 4.79 Å². The summed E-state index contributed by atoms with van der Waals surface area (Å²) >= 11 is 0. The van der Waals surface area contributed by atoms with Crippen molar-refractivity contribution in [3.8, 4) is 17.0 Å². The normalized spacial score (nSPS) is 11.9. The maximum atomic E-state index is 11.0. The molecule has 0 aliphatic heterocycles. The molecule has 20 heavy (non-hydrogen) atoms. The van der Waals surface area contributed by atoms with Crippen LogP contribution in [0, 0.1) is 0 Å². The summed E-state index contributed by atoms with van der Waals surface area (Å²) in [7, 11) is 1.69. The smallest absolute Gasteiger partial charge is 0.216 e. The largest absolute Gasteiger partial charge is 0.497 e. The van der Waals surface area contributed by atoms with E-state index >= 15 is 0 Å². The molecule has 1 heterocycles. The van der Waals surface area contributed by atoms with E-state index in [1.54, 1.807) is 14.0 Å². The van der Waals surface area contributed by atoms with Gasteiger partial charge in [0.1, 0.15) is 5.75 Å². The molecule has 104 valence electrons. The minimum atomic E-state index is 0.0101. The van der Waals surface area contributed by atoms with Crippen molar-refractivity contribution < 1.29 is 9.53 Å². The fraction of sp³-hybridized carbons (Fsp3) is 0.312. The molecular weight excluding hydrogens is 252 g/mol. The van der Waals surface area contributed by atoms with Crippen LogP contribution in [0.25, 0.3) is 11.3 Å². The Kier molecular flexibility index (Phi) is 3.22. The number of fused-ring (bicyclic) bond motifs is 3. The van der Waals surface area contributed by atoms with Crippen LogP contribution < -0.4 is 10.1 Å². The number of rotatable bonds is 4. The topological polar surface area (TPSA) is 43.3 Å². The highest BCUT2D eigenvalue weighted by molar-refractivity contribution is 5.76. The van der Waals surface area contributed by atoms with Crippen molar-refractivity contribution in [1.29, 1.82) is 0 Å². The van der Waals surface area contributed by atoms with Crippen molar-refractivity contribution in [2.45, 2.75) is 19.9 Å². The average molecular weight is 270 g/mol. The molecule has 1 aliphatic rings. The second-order valence-electron chi connectivity index (χ2n) is 5.07. The number of amides is 1. The number of carbonyl (C=O) groups excluding carboxylic acids is 1. The van der Waals surface area contributed by atoms with Crippen LogP contribution in [0.1, 0.15) is 18.1 Å². The van der Waals surface area contributed by atoms with Crippen LogP contribution in [-0.2, 0) is 17.8 Å². The van der Waals surface area contributed by atoms with Gasteiger partial charge in [-0.15, -0.1) is 0 Å². The van der Waals surface area contributed by atoms with Gasteiger partial charge < -0.3 is 14.6 Å². The molecule has 1 aromatic heterocycles. The molecule has 4 nitrogen and oxygen atoms in total. The summed E-state index contributed by atoms with van der Waals surface area (Å²) in [5.74, 6) is 0.891. The molecule has 0 atom stereocenters. The van der Waals surface area contributed by atoms with Crippen molar-refractivity contribution in [3.63, 3.8) is 0 Å².